The zero-order chi connectivity index (χ0) is 9.42. The molecule has 0 aliphatic carbocycles. The van der Waals surface area contributed by atoms with Crippen molar-refractivity contribution in [3.8, 4) is 0 Å². The van der Waals surface area contributed by atoms with E-state index in [-0.39, 0.29) is 0 Å². The number of fused-ring (bicyclic) bond motifs is 1. The van der Waals surface area contributed by atoms with Crippen LogP contribution >= 0.6 is 22.6 Å². The minimum atomic E-state index is -2.65. The van der Waals surface area contributed by atoms with Crippen molar-refractivity contribution in [2.24, 2.45) is 0 Å². The predicted molar refractivity (Wildman–Crippen MR) is 51.7 cm³/mol. The summed E-state index contributed by atoms with van der Waals surface area (Å²) >= 11 is 2.03. The van der Waals surface area contributed by atoms with Crippen LogP contribution < -0.4 is 0 Å². The Kier molecular flexibility index (Phi) is 2.19. The normalized spacial score (nSPS) is 11.4. The molecule has 1 aromatic carbocycles. The third-order valence-corrected chi connectivity index (χ3v) is 2.44. The molecule has 0 atom stereocenters. The van der Waals surface area contributed by atoms with E-state index in [9.17, 15) is 8.78 Å². The number of benzene rings is 1. The summed E-state index contributed by atoms with van der Waals surface area (Å²) < 4.78 is 30.0. The van der Waals surface area contributed by atoms with E-state index in [0.29, 0.717) is 11.1 Å². The molecule has 0 unspecified atom stereocenters. The van der Waals surface area contributed by atoms with Crippen LogP contribution in [0.4, 0.5) is 8.78 Å². The first kappa shape index (κ1) is 8.86. The average Bonchev–Trinajstić information content (AvgIpc) is 2.49. The van der Waals surface area contributed by atoms with E-state index < -0.39 is 12.3 Å². The molecule has 0 saturated heterocycles. The molecule has 2 nitrogen and oxygen atoms in total. The van der Waals surface area contributed by atoms with Crippen LogP contribution in [0.3, 0.4) is 0 Å². The van der Waals surface area contributed by atoms with Gasteiger partial charge in [0.15, 0.2) is 5.58 Å². The quantitative estimate of drug-likeness (QED) is 0.754. The predicted octanol–water partition coefficient (Wildman–Crippen LogP) is 3.37. The second-order valence-electron chi connectivity index (χ2n) is 2.44. The van der Waals surface area contributed by atoms with Crippen LogP contribution in [0.2, 0.25) is 0 Å². The van der Waals surface area contributed by atoms with Crippen LogP contribution in [0.5, 0.6) is 0 Å². The molecule has 0 aliphatic heterocycles. The average molecular weight is 295 g/mol. The summed E-state index contributed by atoms with van der Waals surface area (Å²) in [6.07, 6.45) is -2.65. The summed E-state index contributed by atoms with van der Waals surface area (Å²) in [4.78, 5) is 3.69. The molecular weight excluding hydrogens is 291 g/mol. The largest absolute Gasteiger partial charge is 0.435 e. The van der Waals surface area contributed by atoms with Crippen LogP contribution in [0.1, 0.15) is 12.3 Å². The van der Waals surface area contributed by atoms with Crippen LogP contribution in [0, 0.1) is 3.57 Å². The van der Waals surface area contributed by atoms with E-state index in [1.54, 1.807) is 18.2 Å². The zero-order valence-electron chi connectivity index (χ0n) is 6.30. The van der Waals surface area contributed by atoms with Crippen molar-refractivity contribution in [1.29, 1.82) is 0 Å². The van der Waals surface area contributed by atoms with Crippen molar-refractivity contribution in [2.75, 3.05) is 0 Å². The smallest absolute Gasteiger partial charge is 0.313 e. The van der Waals surface area contributed by atoms with E-state index in [1.807, 2.05) is 22.6 Å². The van der Waals surface area contributed by atoms with E-state index >= 15 is 0 Å². The van der Waals surface area contributed by atoms with Gasteiger partial charge in [-0.05, 0) is 34.7 Å². The van der Waals surface area contributed by atoms with Crippen LogP contribution in [-0.4, -0.2) is 4.98 Å². The van der Waals surface area contributed by atoms with Crippen LogP contribution in [0.15, 0.2) is 22.6 Å². The molecule has 0 fully saturated rings. The van der Waals surface area contributed by atoms with Crippen molar-refractivity contribution in [3.63, 3.8) is 0 Å². The molecule has 0 spiro atoms. The fourth-order valence-electron chi connectivity index (χ4n) is 1.03. The van der Waals surface area contributed by atoms with Gasteiger partial charge in [0, 0.05) is 3.57 Å². The third kappa shape index (κ3) is 1.52. The Morgan fingerprint density at radius 3 is 2.77 bits per heavy atom. The molecule has 0 saturated carbocycles. The lowest BCUT2D eigenvalue weighted by atomic mass is 10.3. The number of rotatable bonds is 1. The third-order valence-electron chi connectivity index (χ3n) is 1.57. The monoisotopic (exact) mass is 295 g/mol. The molecule has 0 radical (unpaired) electrons. The number of hydrogen-bond acceptors (Lipinski definition) is 2. The van der Waals surface area contributed by atoms with Gasteiger partial charge >= 0.3 is 6.43 Å². The highest BCUT2D eigenvalue weighted by atomic mass is 127. The molecular formula is C8H4F2INO. The Morgan fingerprint density at radius 2 is 2.15 bits per heavy atom. The Labute approximate surface area is 86.1 Å². The second-order valence-corrected chi connectivity index (χ2v) is 3.60. The first-order valence-corrected chi connectivity index (χ1v) is 4.59. The number of halogens is 3. The molecule has 2 aromatic rings. The molecule has 0 amide bonds. The lowest BCUT2D eigenvalue weighted by molar-refractivity contribution is 0.117. The van der Waals surface area contributed by atoms with Crippen LogP contribution in [0.25, 0.3) is 11.1 Å². The van der Waals surface area contributed by atoms with Gasteiger partial charge in [-0.3, -0.25) is 0 Å². The summed E-state index contributed by atoms with van der Waals surface area (Å²) in [5.74, 6) is -0.515. The van der Waals surface area contributed by atoms with Crippen molar-refractivity contribution < 1.29 is 13.2 Å². The first-order chi connectivity index (χ1) is 6.18. The van der Waals surface area contributed by atoms with Gasteiger partial charge in [0.25, 0.3) is 5.89 Å². The molecule has 13 heavy (non-hydrogen) atoms. The molecule has 2 rings (SSSR count). The van der Waals surface area contributed by atoms with Gasteiger partial charge in [-0.25, -0.2) is 4.98 Å². The number of para-hydroxylation sites is 1. The SMILES string of the molecule is FC(F)c1nc2c(I)cccc2o1. The molecule has 0 aliphatic rings. The van der Waals surface area contributed by atoms with Gasteiger partial charge in [0.1, 0.15) is 5.52 Å². The highest BCUT2D eigenvalue weighted by Crippen LogP contribution is 2.25. The number of aromatic nitrogens is 1. The first-order valence-electron chi connectivity index (χ1n) is 3.51. The van der Waals surface area contributed by atoms with Crippen molar-refractivity contribution in [2.45, 2.75) is 6.43 Å². The summed E-state index contributed by atoms with van der Waals surface area (Å²) in [6, 6.07) is 5.15. The minimum Gasteiger partial charge on any atom is -0.435 e. The van der Waals surface area contributed by atoms with Crippen LogP contribution in [-0.2, 0) is 0 Å². The van der Waals surface area contributed by atoms with Gasteiger partial charge in [-0.1, -0.05) is 6.07 Å². The Balaban J connectivity index is 2.68. The Morgan fingerprint density at radius 1 is 1.38 bits per heavy atom. The van der Waals surface area contributed by atoms with Crippen molar-refractivity contribution in [3.05, 3.63) is 27.7 Å². The standard InChI is InChI=1S/C8H4F2INO/c9-7(10)8-12-6-4(11)2-1-3-5(6)13-8/h1-3,7H. The van der Waals surface area contributed by atoms with Gasteiger partial charge < -0.3 is 4.42 Å². The maximum Gasteiger partial charge on any atom is 0.313 e. The zero-order valence-corrected chi connectivity index (χ0v) is 8.46. The number of oxazole rings is 1. The lowest BCUT2D eigenvalue weighted by Crippen LogP contribution is -1.81. The molecule has 0 N–H and O–H groups in total. The second kappa shape index (κ2) is 3.21. The number of hydrogen-bond donors (Lipinski definition) is 0. The van der Waals surface area contributed by atoms with E-state index in [2.05, 4.69) is 4.98 Å². The molecule has 5 heteroatoms. The van der Waals surface area contributed by atoms with Gasteiger partial charge in [0.2, 0.25) is 0 Å². The van der Waals surface area contributed by atoms with Crippen molar-refractivity contribution in [1.82, 2.24) is 4.98 Å². The molecule has 68 valence electrons. The summed E-state index contributed by atoms with van der Waals surface area (Å²) in [5, 5.41) is 0. The molecule has 1 heterocycles. The minimum absolute atomic E-state index is 0.405. The summed E-state index contributed by atoms with van der Waals surface area (Å²) in [5.41, 5.74) is 0.903. The number of alkyl halides is 2. The maximum atomic E-state index is 12.2. The number of nitrogens with zero attached hydrogens (tertiary/aromatic N) is 1. The highest BCUT2D eigenvalue weighted by Gasteiger charge is 2.16. The van der Waals surface area contributed by atoms with E-state index in [0.717, 1.165) is 3.57 Å². The molecule has 0 bridgehead atoms. The van der Waals surface area contributed by atoms with E-state index in [4.69, 9.17) is 4.42 Å². The lowest BCUT2D eigenvalue weighted by Gasteiger charge is -1.86. The fourth-order valence-corrected chi connectivity index (χ4v) is 1.62. The van der Waals surface area contributed by atoms with Crippen molar-refractivity contribution >= 4 is 33.7 Å². The van der Waals surface area contributed by atoms with Gasteiger partial charge in [0.05, 0.1) is 0 Å². The van der Waals surface area contributed by atoms with Gasteiger partial charge in [-0.15, -0.1) is 0 Å². The van der Waals surface area contributed by atoms with E-state index in [1.165, 1.54) is 0 Å². The fraction of sp³-hybridized carbons (Fsp3) is 0.125. The van der Waals surface area contributed by atoms with Gasteiger partial charge in [-0.2, -0.15) is 8.78 Å². The topological polar surface area (TPSA) is 26.0 Å². The Hall–Kier alpha value is -0.720. The summed E-state index contributed by atoms with van der Waals surface area (Å²) in [7, 11) is 0. The highest BCUT2D eigenvalue weighted by molar-refractivity contribution is 14.1. The maximum absolute atomic E-state index is 12.2. The summed E-state index contributed by atoms with van der Waals surface area (Å²) in [6.45, 7) is 0. The Bertz CT molecular complexity index is 441. The molecule has 1 aromatic heterocycles.